The van der Waals surface area contributed by atoms with Crippen molar-refractivity contribution in [2.24, 2.45) is 0 Å². The molecule has 0 amide bonds. The molecule has 0 aliphatic carbocycles. The Labute approximate surface area is 168 Å². The fourth-order valence-electron chi connectivity index (χ4n) is 2.53. The second-order valence-electron chi connectivity index (χ2n) is 7.12. The van der Waals surface area contributed by atoms with Gasteiger partial charge in [-0.15, -0.1) is 0 Å². The monoisotopic (exact) mass is 439 g/mol. The van der Waals surface area contributed by atoms with Gasteiger partial charge in [0.05, 0.1) is 0 Å². The molecule has 3 rings (SSSR count). The van der Waals surface area contributed by atoms with E-state index in [4.69, 9.17) is 20.3 Å². The Morgan fingerprint density at radius 3 is 2.64 bits per heavy atom. The Morgan fingerprint density at radius 2 is 1.96 bits per heavy atom. The van der Waals surface area contributed by atoms with Crippen LogP contribution in [0.15, 0.2) is 40.9 Å². The van der Waals surface area contributed by atoms with Gasteiger partial charge in [0, 0.05) is 0 Å². The molecule has 1 unspecified atom stereocenters. The van der Waals surface area contributed by atoms with Gasteiger partial charge >= 0.3 is 168 Å². The first-order chi connectivity index (χ1) is 13.2. The topological polar surface area (TPSA) is 119 Å². The predicted octanol–water partition coefficient (Wildman–Crippen LogP) is 2.14. The molecule has 0 fully saturated rings. The number of rotatable bonds is 4. The molecule has 1 atom stereocenters. The number of nitriles is 1. The van der Waals surface area contributed by atoms with Gasteiger partial charge < -0.3 is 0 Å². The third kappa shape index (κ3) is 4.24. The zero-order valence-corrected chi connectivity index (χ0v) is 17.7. The first-order valence-electron chi connectivity index (χ1n) is 8.42. The number of hydrogen-bond donors (Lipinski definition) is 1. The quantitative estimate of drug-likeness (QED) is 0.376. The zero-order valence-electron chi connectivity index (χ0n) is 15.6. The van der Waals surface area contributed by atoms with Gasteiger partial charge in [-0.1, -0.05) is 0 Å². The molecule has 0 aliphatic heterocycles. The zero-order chi connectivity index (χ0) is 20.5. The van der Waals surface area contributed by atoms with Crippen molar-refractivity contribution in [1.82, 2.24) is 5.16 Å². The summed E-state index contributed by atoms with van der Waals surface area (Å²) in [5.41, 5.74) is 6.62. The molecule has 0 saturated carbocycles. The van der Waals surface area contributed by atoms with Crippen LogP contribution in [0.2, 0.25) is 0 Å². The van der Waals surface area contributed by atoms with Crippen LogP contribution in [0.1, 0.15) is 47.2 Å². The van der Waals surface area contributed by atoms with E-state index in [0.29, 0.717) is 26.5 Å². The van der Waals surface area contributed by atoms with Gasteiger partial charge in [-0.05, 0) is 0 Å². The van der Waals surface area contributed by atoms with Crippen molar-refractivity contribution >= 4 is 47.2 Å². The molecule has 0 bridgehead atoms. The van der Waals surface area contributed by atoms with E-state index >= 15 is 0 Å². The second-order valence-corrected chi connectivity index (χ2v) is 9.72. The van der Waals surface area contributed by atoms with Gasteiger partial charge in [-0.25, -0.2) is 0 Å². The van der Waals surface area contributed by atoms with Gasteiger partial charge in [0.15, 0.2) is 0 Å². The van der Waals surface area contributed by atoms with E-state index in [0.717, 1.165) is 0 Å². The molecule has 28 heavy (non-hydrogen) atoms. The molecular formula is C20H18AsN3O4. The van der Waals surface area contributed by atoms with Crippen LogP contribution in [0.3, 0.4) is 0 Å². The molecule has 3 aromatic rings. The van der Waals surface area contributed by atoms with E-state index in [9.17, 15) is 9.59 Å². The van der Waals surface area contributed by atoms with E-state index in [1.54, 1.807) is 51.1 Å². The van der Waals surface area contributed by atoms with Gasteiger partial charge in [-0.3, -0.25) is 0 Å². The summed E-state index contributed by atoms with van der Waals surface area (Å²) in [7, 11) is 0. The van der Waals surface area contributed by atoms with Crippen molar-refractivity contribution in [2.45, 2.75) is 26.4 Å². The summed E-state index contributed by atoms with van der Waals surface area (Å²) >= 11 is -1.47. The minimum atomic E-state index is -1.47. The number of fused-ring (bicyclic) bond motifs is 1. The number of hydrogen-bond acceptors (Lipinski definition) is 7. The summed E-state index contributed by atoms with van der Waals surface area (Å²) in [5.74, 6) is -0.416. The van der Waals surface area contributed by atoms with Crippen LogP contribution >= 0.6 is 0 Å². The van der Waals surface area contributed by atoms with Crippen molar-refractivity contribution in [3.8, 4) is 6.07 Å². The van der Waals surface area contributed by atoms with E-state index < -0.39 is 27.3 Å². The number of carbonyl (C=O) groups is 2. The Bertz CT molecular complexity index is 1120. The molecule has 8 heteroatoms. The summed E-state index contributed by atoms with van der Waals surface area (Å²) in [6.07, 6.45) is 0. The number of ether oxygens (including phenoxy) is 1. The Balaban J connectivity index is 1.95. The molecule has 142 valence electrons. The van der Waals surface area contributed by atoms with Crippen LogP contribution in [-0.4, -0.2) is 37.1 Å². The minimum absolute atomic E-state index is 0.148. The van der Waals surface area contributed by atoms with Gasteiger partial charge in [-0.2, -0.15) is 0 Å². The molecule has 2 aromatic carbocycles. The molecule has 2 N–H and O–H groups in total. The van der Waals surface area contributed by atoms with Crippen molar-refractivity contribution in [3.63, 3.8) is 0 Å². The van der Waals surface area contributed by atoms with E-state index in [2.05, 4.69) is 5.16 Å². The van der Waals surface area contributed by atoms with Crippen LogP contribution in [0.4, 0.5) is 5.69 Å². The van der Waals surface area contributed by atoms with Crippen molar-refractivity contribution in [3.05, 3.63) is 53.3 Å². The fraction of sp³-hybridized carbons (Fsp3) is 0.200. The fourth-order valence-corrected chi connectivity index (χ4v) is 4.66. The van der Waals surface area contributed by atoms with Crippen molar-refractivity contribution in [1.29, 1.82) is 5.26 Å². The number of aromatic nitrogens is 1. The first kappa shape index (κ1) is 19.7. The predicted molar refractivity (Wildman–Crippen MR) is 106 cm³/mol. The number of esters is 1. The maximum absolute atomic E-state index is 12.9. The van der Waals surface area contributed by atoms with E-state index in [1.165, 1.54) is 6.07 Å². The summed E-state index contributed by atoms with van der Waals surface area (Å²) in [5, 5.41) is 13.6. The molecule has 1 aromatic heterocycles. The van der Waals surface area contributed by atoms with Crippen LogP contribution in [0, 0.1) is 11.3 Å². The molecular weight excluding hydrogens is 421 g/mol. The number of nitrogen functional groups attached to an aromatic ring is 1. The molecule has 0 aliphatic rings. The molecule has 7 nitrogen and oxygen atoms in total. The normalized spacial score (nSPS) is 11.6. The summed E-state index contributed by atoms with van der Waals surface area (Å²) in [6, 6.07) is 11.7. The van der Waals surface area contributed by atoms with Crippen LogP contribution in [-0.2, 0) is 4.74 Å². The van der Waals surface area contributed by atoms with Crippen LogP contribution < -0.4 is 10.1 Å². The number of anilines is 1. The number of nitrogens with two attached hydrogens (primary N) is 1. The van der Waals surface area contributed by atoms with Crippen LogP contribution in [0.25, 0.3) is 10.9 Å². The van der Waals surface area contributed by atoms with E-state index in [-0.39, 0.29) is 15.9 Å². The van der Waals surface area contributed by atoms with Crippen LogP contribution in [0.5, 0.6) is 0 Å². The Kier molecular flexibility index (Phi) is 5.26. The van der Waals surface area contributed by atoms with Gasteiger partial charge in [0.25, 0.3) is 0 Å². The third-order valence-electron chi connectivity index (χ3n) is 3.72. The maximum atomic E-state index is 12.9. The molecule has 1 heterocycles. The van der Waals surface area contributed by atoms with Gasteiger partial charge in [0.1, 0.15) is 0 Å². The van der Waals surface area contributed by atoms with E-state index in [1.807, 2.05) is 6.07 Å². The first-order valence-corrected chi connectivity index (χ1v) is 10.5. The average Bonchev–Trinajstić information content (AvgIpc) is 3.03. The Morgan fingerprint density at radius 1 is 1.21 bits per heavy atom. The molecule has 0 spiro atoms. The summed E-state index contributed by atoms with van der Waals surface area (Å²) < 4.78 is 11.0. The third-order valence-corrected chi connectivity index (χ3v) is 6.16. The van der Waals surface area contributed by atoms with Crippen molar-refractivity contribution < 1.29 is 18.8 Å². The van der Waals surface area contributed by atoms with Gasteiger partial charge in [0.2, 0.25) is 0 Å². The standard InChI is InChI=1S/C20H18AsN3O4/c1-20(2,3)27-19(26)14-8-11(10-22)4-7-15(14)21-18(25)17-13-6-5-12(23)9-16(13)24-28-17/h4-9,21H,23H2,1-3H3. The Hall–Kier alpha value is -3.10. The molecule has 0 radical (unpaired) electrons. The second kappa shape index (κ2) is 7.49. The SMILES string of the molecule is CC(C)(C)OC(=O)c1cc(C#N)ccc1[AsH]C(=O)c1onc2cc(N)ccc12. The average molecular weight is 439 g/mol. The van der Waals surface area contributed by atoms with Crippen molar-refractivity contribution in [2.75, 3.05) is 5.73 Å². The summed E-state index contributed by atoms with van der Waals surface area (Å²) in [6.45, 7) is 5.27. The summed E-state index contributed by atoms with van der Waals surface area (Å²) in [4.78, 5) is 25.5. The number of carbonyl (C=O) groups excluding carboxylic acids is 2. The number of benzene rings is 2. The molecule has 0 saturated heterocycles. The number of nitrogens with zero attached hydrogens (tertiary/aromatic N) is 2.